The SMILES string of the molecule is COCCCNC(=O)c1ccc(NC(=S)NC(=O)C2CCCCC2)cc1. The fraction of sp³-hybridized carbons (Fsp3) is 0.526. The lowest BCUT2D eigenvalue weighted by molar-refractivity contribution is -0.124. The zero-order valence-electron chi connectivity index (χ0n) is 15.2. The van der Waals surface area contributed by atoms with Gasteiger partial charge in [0, 0.05) is 37.4 Å². The van der Waals surface area contributed by atoms with Crippen LogP contribution in [0.4, 0.5) is 5.69 Å². The second-order valence-electron chi connectivity index (χ2n) is 6.46. The maximum absolute atomic E-state index is 12.2. The van der Waals surface area contributed by atoms with Crippen molar-refractivity contribution < 1.29 is 14.3 Å². The van der Waals surface area contributed by atoms with E-state index >= 15 is 0 Å². The first-order chi connectivity index (χ1) is 12.6. The molecule has 0 unspecified atom stereocenters. The summed E-state index contributed by atoms with van der Waals surface area (Å²) >= 11 is 5.21. The van der Waals surface area contributed by atoms with Crippen LogP contribution < -0.4 is 16.0 Å². The molecule has 1 fully saturated rings. The summed E-state index contributed by atoms with van der Waals surface area (Å²) in [5.41, 5.74) is 1.31. The molecule has 0 saturated heterocycles. The molecule has 6 nitrogen and oxygen atoms in total. The van der Waals surface area contributed by atoms with Crippen LogP contribution >= 0.6 is 12.2 Å². The Morgan fingerprint density at radius 1 is 1.15 bits per heavy atom. The van der Waals surface area contributed by atoms with Gasteiger partial charge in [-0.05, 0) is 55.7 Å². The van der Waals surface area contributed by atoms with Crippen molar-refractivity contribution in [3.05, 3.63) is 29.8 Å². The summed E-state index contributed by atoms with van der Waals surface area (Å²) in [5.74, 6) is -0.0669. The maximum atomic E-state index is 12.2. The molecule has 0 atom stereocenters. The van der Waals surface area contributed by atoms with Gasteiger partial charge >= 0.3 is 0 Å². The zero-order valence-corrected chi connectivity index (χ0v) is 16.0. The van der Waals surface area contributed by atoms with Crippen molar-refractivity contribution in [1.29, 1.82) is 0 Å². The van der Waals surface area contributed by atoms with Gasteiger partial charge in [0.15, 0.2) is 5.11 Å². The molecule has 2 amide bonds. The van der Waals surface area contributed by atoms with Crippen LogP contribution in [0.5, 0.6) is 0 Å². The molecular formula is C19H27N3O3S. The predicted octanol–water partition coefficient (Wildman–Crippen LogP) is 2.85. The first-order valence-corrected chi connectivity index (χ1v) is 9.50. The van der Waals surface area contributed by atoms with Crippen LogP contribution in [0.25, 0.3) is 0 Å². The molecule has 0 radical (unpaired) electrons. The molecule has 142 valence electrons. The molecule has 0 aliphatic heterocycles. The number of rotatable bonds is 7. The predicted molar refractivity (Wildman–Crippen MR) is 106 cm³/mol. The van der Waals surface area contributed by atoms with Crippen LogP contribution in [0.15, 0.2) is 24.3 Å². The van der Waals surface area contributed by atoms with Crippen LogP contribution in [-0.4, -0.2) is 37.2 Å². The minimum absolute atomic E-state index is 0.00532. The Morgan fingerprint density at radius 2 is 1.85 bits per heavy atom. The topological polar surface area (TPSA) is 79.5 Å². The van der Waals surface area contributed by atoms with Gasteiger partial charge in [-0.3, -0.25) is 9.59 Å². The van der Waals surface area contributed by atoms with Crippen molar-refractivity contribution in [2.75, 3.05) is 25.6 Å². The first kappa shape index (κ1) is 20.3. The monoisotopic (exact) mass is 377 g/mol. The van der Waals surface area contributed by atoms with E-state index in [2.05, 4.69) is 16.0 Å². The number of thiocarbonyl (C=S) groups is 1. The lowest BCUT2D eigenvalue weighted by Crippen LogP contribution is -2.39. The molecule has 0 heterocycles. The van der Waals surface area contributed by atoms with Crippen LogP contribution in [0.2, 0.25) is 0 Å². The van der Waals surface area contributed by atoms with E-state index in [9.17, 15) is 9.59 Å². The molecule has 3 N–H and O–H groups in total. The van der Waals surface area contributed by atoms with Crippen LogP contribution in [0, 0.1) is 5.92 Å². The first-order valence-electron chi connectivity index (χ1n) is 9.09. The number of amides is 2. The fourth-order valence-corrected chi connectivity index (χ4v) is 3.18. The zero-order chi connectivity index (χ0) is 18.8. The van der Waals surface area contributed by atoms with Gasteiger partial charge in [-0.25, -0.2) is 0 Å². The van der Waals surface area contributed by atoms with E-state index in [1.807, 2.05) is 0 Å². The number of carbonyl (C=O) groups excluding carboxylic acids is 2. The largest absolute Gasteiger partial charge is 0.385 e. The number of carbonyl (C=O) groups is 2. The maximum Gasteiger partial charge on any atom is 0.251 e. The summed E-state index contributed by atoms with van der Waals surface area (Å²) < 4.78 is 4.95. The lowest BCUT2D eigenvalue weighted by Gasteiger charge is -2.21. The van der Waals surface area contributed by atoms with E-state index in [0.717, 1.165) is 37.8 Å². The van der Waals surface area contributed by atoms with Gasteiger partial charge in [0.1, 0.15) is 0 Å². The number of nitrogens with one attached hydrogen (secondary N) is 3. The molecule has 1 saturated carbocycles. The van der Waals surface area contributed by atoms with E-state index in [1.54, 1.807) is 31.4 Å². The molecule has 1 aliphatic rings. The minimum atomic E-state index is -0.124. The summed E-state index contributed by atoms with van der Waals surface area (Å²) in [7, 11) is 1.63. The number of anilines is 1. The number of methoxy groups -OCH3 is 1. The molecule has 0 spiro atoms. The average molecular weight is 378 g/mol. The number of hydrogen-bond acceptors (Lipinski definition) is 4. The van der Waals surface area contributed by atoms with Gasteiger partial charge in [-0.15, -0.1) is 0 Å². The minimum Gasteiger partial charge on any atom is -0.385 e. The molecule has 7 heteroatoms. The van der Waals surface area contributed by atoms with E-state index in [0.29, 0.717) is 18.7 Å². The highest BCUT2D eigenvalue weighted by Gasteiger charge is 2.21. The van der Waals surface area contributed by atoms with E-state index in [4.69, 9.17) is 17.0 Å². The van der Waals surface area contributed by atoms with Gasteiger partial charge in [-0.2, -0.15) is 0 Å². The number of hydrogen-bond donors (Lipinski definition) is 3. The van der Waals surface area contributed by atoms with Crippen molar-refractivity contribution in [2.45, 2.75) is 38.5 Å². The summed E-state index contributed by atoms with van der Waals surface area (Å²) in [6.45, 7) is 1.19. The highest BCUT2D eigenvalue weighted by Crippen LogP contribution is 2.23. The van der Waals surface area contributed by atoms with E-state index in [-0.39, 0.29) is 22.8 Å². The Labute approximate surface area is 160 Å². The number of benzene rings is 1. The molecule has 0 bridgehead atoms. The van der Waals surface area contributed by atoms with Crippen molar-refractivity contribution >= 4 is 34.8 Å². The second kappa shape index (κ2) is 10.9. The molecule has 1 aliphatic carbocycles. The van der Waals surface area contributed by atoms with Crippen LogP contribution in [0.1, 0.15) is 48.9 Å². The fourth-order valence-electron chi connectivity index (χ4n) is 2.97. The van der Waals surface area contributed by atoms with E-state index in [1.165, 1.54) is 6.42 Å². The quantitative estimate of drug-likeness (QED) is 0.503. The van der Waals surface area contributed by atoms with Gasteiger partial charge in [0.25, 0.3) is 5.91 Å². The standard InChI is InChI=1S/C19H27N3O3S/c1-25-13-5-12-20-17(23)15-8-10-16(11-9-15)21-19(26)22-18(24)14-6-3-2-4-7-14/h8-11,14H,2-7,12-13H2,1H3,(H,20,23)(H2,21,22,24,26). The van der Waals surface area contributed by atoms with Gasteiger partial charge < -0.3 is 20.7 Å². The summed E-state index contributed by atoms with van der Waals surface area (Å²) in [6, 6.07) is 6.98. The number of ether oxygens (including phenoxy) is 1. The summed E-state index contributed by atoms with van der Waals surface area (Å²) in [5, 5.41) is 8.88. The summed E-state index contributed by atoms with van der Waals surface area (Å²) in [4.78, 5) is 24.2. The van der Waals surface area contributed by atoms with Crippen molar-refractivity contribution in [2.24, 2.45) is 5.92 Å². The van der Waals surface area contributed by atoms with E-state index < -0.39 is 0 Å². The highest BCUT2D eigenvalue weighted by molar-refractivity contribution is 7.80. The van der Waals surface area contributed by atoms with Crippen molar-refractivity contribution in [1.82, 2.24) is 10.6 Å². The molecule has 26 heavy (non-hydrogen) atoms. The normalized spacial score (nSPS) is 14.5. The third-order valence-electron chi connectivity index (χ3n) is 4.43. The Hall–Kier alpha value is -1.99. The second-order valence-corrected chi connectivity index (χ2v) is 6.87. The van der Waals surface area contributed by atoms with Crippen LogP contribution in [-0.2, 0) is 9.53 Å². The summed E-state index contributed by atoms with van der Waals surface area (Å²) in [6.07, 6.45) is 6.06. The van der Waals surface area contributed by atoms with Crippen LogP contribution in [0.3, 0.4) is 0 Å². The molecule has 1 aromatic carbocycles. The van der Waals surface area contributed by atoms with Gasteiger partial charge in [-0.1, -0.05) is 19.3 Å². The van der Waals surface area contributed by atoms with Gasteiger partial charge in [0.2, 0.25) is 5.91 Å². The lowest BCUT2D eigenvalue weighted by atomic mass is 9.89. The third kappa shape index (κ3) is 6.72. The highest BCUT2D eigenvalue weighted by atomic mass is 32.1. The Morgan fingerprint density at radius 3 is 2.50 bits per heavy atom. The van der Waals surface area contributed by atoms with Crippen molar-refractivity contribution in [3.8, 4) is 0 Å². The Kier molecular flexibility index (Phi) is 8.50. The molecular weight excluding hydrogens is 350 g/mol. The Balaban J connectivity index is 1.77. The van der Waals surface area contributed by atoms with Crippen molar-refractivity contribution in [3.63, 3.8) is 0 Å². The molecule has 0 aromatic heterocycles. The average Bonchev–Trinajstić information content (AvgIpc) is 2.66. The van der Waals surface area contributed by atoms with Gasteiger partial charge in [0.05, 0.1) is 0 Å². The molecule has 1 aromatic rings. The smallest absolute Gasteiger partial charge is 0.251 e. The molecule has 2 rings (SSSR count). The third-order valence-corrected chi connectivity index (χ3v) is 4.63. The Bertz CT molecular complexity index is 613.